The summed E-state index contributed by atoms with van der Waals surface area (Å²) in [6.07, 6.45) is 2.14. The highest BCUT2D eigenvalue weighted by Crippen LogP contribution is 2.50. The number of hydrogen-bond acceptors (Lipinski definition) is 5. The monoisotopic (exact) mass is 544 g/mol. The van der Waals surface area contributed by atoms with E-state index in [0.29, 0.717) is 31.5 Å². The van der Waals surface area contributed by atoms with E-state index >= 15 is 0 Å². The zero-order valence-electron chi connectivity index (χ0n) is 19.2. The van der Waals surface area contributed by atoms with Gasteiger partial charge in [0.15, 0.2) is 27.3 Å². The maximum atomic E-state index is 13.7. The van der Waals surface area contributed by atoms with Crippen LogP contribution < -0.4 is 10.6 Å². The van der Waals surface area contributed by atoms with Crippen molar-refractivity contribution in [3.05, 3.63) is 58.4 Å². The molecule has 7 nitrogen and oxygen atoms in total. The van der Waals surface area contributed by atoms with E-state index in [1.54, 1.807) is 0 Å². The number of carbonyl (C=O) groups is 2. The molecule has 36 heavy (non-hydrogen) atoms. The van der Waals surface area contributed by atoms with Crippen molar-refractivity contribution in [1.82, 2.24) is 5.32 Å². The second kappa shape index (κ2) is 10.3. The average Bonchev–Trinajstić information content (AvgIpc) is 3.12. The Kier molecular flexibility index (Phi) is 7.51. The first kappa shape index (κ1) is 26.3. The molecule has 2 aliphatic carbocycles. The molecule has 2 aromatic rings. The normalized spacial score (nSPS) is 23.2. The van der Waals surface area contributed by atoms with Crippen molar-refractivity contribution in [2.75, 3.05) is 19.0 Å². The second-order valence-electron chi connectivity index (χ2n) is 9.17. The number of anilines is 1. The van der Waals surface area contributed by atoms with Crippen LogP contribution in [-0.4, -0.2) is 39.3 Å². The lowest BCUT2D eigenvalue weighted by atomic mass is 9.80. The second-order valence-corrected chi connectivity index (χ2v) is 11.7. The Morgan fingerprint density at radius 3 is 2.25 bits per heavy atom. The zero-order valence-corrected chi connectivity index (χ0v) is 20.8. The van der Waals surface area contributed by atoms with Gasteiger partial charge in [-0.2, -0.15) is 0 Å². The smallest absolute Gasteiger partial charge is 0.406 e. The van der Waals surface area contributed by atoms with E-state index in [-0.39, 0.29) is 38.9 Å². The molecule has 2 fully saturated rings. The molecule has 2 aliphatic rings. The third-order valence-electron chi connectivity index (χ3n) is 6.93. The predicted molar refractivity (Wildman–Crippen MR) is 126 cm³/mol. The molecular weight excluding hydrogens is 521 g/mol. The lowest BCUT2D eigenvalue weighted by molar-refractivity contribution is 0.102. The van der Waals surface area contributed by atoms with E-state index in [9.17, 15) is 31.2 Å². The molecule has 2 unspecified atom stereocenters. The standard InChI is InChI=1S/C24H24ClF3N2O5S/c1-35-24(32)29-11-12-6-13-2-3-14(7-12)22(13)36(33,34)20-8-15(4-5-17(20)25)23(31)30-16-9-18(26)21(28)19(27)10-16/h4-5,8-10,12-14,22H,2-3,6-7,11H2,1H3,(H,29,32)(H,30,31)/t12-,13?,14?,22+. The minimum atomic E-state index is -3.93. The third kappa shape index (κ3) is 5.17. The number of carbonyl (C=O) groups excluding carboxylic acids is 2. The first-order valence-corrected chi connectivity index (χ1v) is 13.2. The van der Waals surface area contributed by atoms with Crippen molar-refractivity contribution >= 4 is 39.1 Å². The molecule has 0 aliphatic heterocycles. The SMILES string of the molecule is COC(=O)NC[C@H]1CC2CCC(C1)[C@@H]2S(=O)(=O)c1cc(C(=O)Nc2cc(F)c(F)c(F)c2)ccc1Cl. The Balaban J connectivity index is 1.54. The maximum Gasteiger partial charge on any atom is 0.406 e. The summed E-state index contributed by atoms with van der Waals surface area (Å²) in [5, 5.41) is 4.19. The molecule has 12 heteroatoms. The minimum Gasteiger partial charge on any atom is -0.453 e. The van der Waals surface area contributed by atoms with Gasteiger partial charge in [-0.15, -0.1) is 0 Å². The van der Waals surface area contributed by atoms with E-state index < -0.39 is 44.5 Å². The number of hydrogen-bond donors (Lipinski definition) is 2. The molecule has 4 rings (SSSR count). The molecule has 0 aromatic heterocycles. The summed E-state index contributed by atoms with van der Waals surface area (Å²) in [4.78, 5) is 23.9. The quantitative estimate of drug-likeness (QED) is 0.501. The van der Waals surface area contributed by atoms with Gasteiger partial charge in [-0.3, -0.25) is 4.79 Å². The third-order valence-corrected chi connectivity index (χ3v) is 9.81. The van der Waals surface area contributed by atoms with Gasteiger partial charge in [-0.25, -0.2) is 26.4 Å². The molecule has 2 bridgehead atoms. The lowest BCUT2D eigenvalue weighted by Crippen LogP contribution is -2.41. The van der Waals surface area contributed by atoms with Crippen LogP contribution in [0.25, 0.3) is 0 Å². The largest absolute Gasteiger partial charge is 0.453 e. The van der Waals surface area contributed by atoms with Crippen molar-refractivity contribution in [2.24, 2.45) is 17.8 Å². The van der Waals surface area contributed by atoms with Crippen LogP contribution in [0.4, 0.5) is 23.7 Å². The van der Waals surface area contributed by atoms with Crippen molar-refractivity contribution < 1.29 is 35.9 Å². The fourth-order valence-corrected chi connectivity index (χ4v) is 8.28. The molecule has 0 spiro atoms. The van der Waals surface area contributed by atoms with Gasteiger partial charge in [0.2, 0.25) is 0 Å². The number of rotatable bonds is 6. The van der Waals surface area contributed by atoms with Crippen LogP contribution in [-0.2, 0) is 14.6 Å². The van der Waals surface area contributed by atoms with Gasteiger partial charge in [0.05, 0.1) is 22.3 Å². The van der Waals surface area contributed by atoms with E-state index in [0.717, 1.165) is 18.9 Å². The first-order chi connectivity index (χ1) is 17.0. The summed E-state index contributed by atoms with van der Waals surface area (Å²) in [5.41, 5.74) is -0.417. The fourth-order valence-electron chi connectivity index (χ4n) is 5.41. The molecule has 2 N–H and O–H groups in total. The Labute approximate surface area is 211 Å². The number of methoxy groups -OCH3 is 1. The molecule has 2 aromatic carbocycles. The number of fused-ring (bicyclic) bond motifs is 2. The molecule has 0 heterocycles. The molecule has 2 amide bonds. The summed E-state index contributed by atoms with van der Waals surface area (Å²) >= 11 is 6.26. The van der Waals surface area contributed by atoms with Crippen LogP contribution >= 0.6 is 11.6 Å². The molecule has 0 saturated heterocycles. The number of halogens is 4. The van der Waals surface area contributed by atoms with Crippen molar-refractivity contribution in [1.29, 1.82) is 0 Å². The summed E-state index contributed by atoms with van der Waals surface area (Å²) in [6, 6.07) is 4.96. The van der Waals surface area contributed by atoms with E-state index in [4.69, 9.17) is 11.6 Å². The van der Waals surface area contributed by atoms with Gasteiger partial charge in [0, 0.05) is 29.9 Å². The van der Waals surface area contributed by atoms with Crippen LogP contribution in [0.15, 0.2) is 35.2 Å². The van der Waals surface area contributed by atoms with Crippen molar-refractivity contribution in [3.63, 3.8) is 0 Å². The zero-order chi connectivity index (χ0) is 26.2. The number of nitrogens with one attached hydrogen (secondary N) is 2. The number of amides is 2. The first-order valence-electron chi connectivity index (χ1n) is 11.3. The highest BCUT2D eigenvalue weighted by atomic mass is 35.5. The molecule has 194 valence electrons. The molecule has 2 saturated carbocycles. The number of ether oxygens (including phenoxy) is 1. The van der Waals surface area contributed by atoms with Crippen LogP contribution in [0.3, 0.4) is 0 Å². The van der Waals surface area contributed by atoms with Gasteiger partial charge in [0.1, 0.15) is 0 Å². The summed E-state index contributed by atoms with van der Waals surface area (Å²) in [6.45, 7) is 0.396. The Bertz CT molecular complexity index is 1270. The molecule has 0 radical (unpaired) electrons. The lowest BCUT2D eigenvalue weighted by Gasteiger charge is -2.35. The Hall–Kier alpha value is -2.79. The van der Waals surface area contributed by atoms with Gasteiger partial charge in [0.25, 0.3) is 5.91 Å². The van der Waals surface area contributed by atoms with Crippen LogP contribution in [0.2, 0.25) is 5.02 Å². The number of sulfone groups is 1. The van der Waals surface area contributed by atoms with Gasteiger partial charge in [-0.1, -0.05) is 11.6 Å². The molecule has 2 atom stereocenters. The number of benzene rings is 2. The summed E-state index contributed by atoms with van der Waals surface area (Å²) in [7, 11) is -2.65. The minimum absolute atomic E-state index is 0.0423. The van der Waals surface area contributed by atoms with Crippen LogP contribution in [0, 0.1) is 35.2 Å². The molecular formula is C24H24ClF3N2O5S. The van der Waals surface area contributed by atoms with Gasteiger partial charge >= 0.3 is 6.09 Å². The summed E-state index contributed by atoms with van der Waals surface area (Å²) < 4.78 is 72.2. The van der Waals surface area contributed by atoms with E-state index in [1.807, 2.05) is 0 Å². The van der Waals surface area contributed by atoms with E-state index in [2.05, 4.69) is 15.4 Å². The maximum absolute atomic E-state index is 13.7. The van der Waals surface area contributed by atoms with Crippen LogP contribution in [0.5, 0.6) is 0 Å². The highest BCUT2D eigenvalue weighted by Gasteiger charge is 2.50. The Morgan fingerprint density at radius 1 is 1.06 bits per heavy atom. The van der Waals surface area contributed by atoms with Gasteiger partial charge < -0.3 is 15.4 Å². The van der Waals surface area contributed by atoms with Crippen molar-refractivity contribution in [3.8, 4) is 0 Å². The topological polar surface area (TPSA) is 102 Å². The highest BCUT2D eigenvalue weighted by molar-refractivity contribution is 7.92. The Morgan fingerprint density at radius 2 is 1.67 bits per heavy atom. The number of alkyl carbamates (subject to hydrolysis) is 1. The summed E-state index contributed by atoms with van der Waals surface area (Å²) in [5.74, 6) is -5.59. The fraction of sp³-hybridized carbons (Fsp3) is 0.417. The van der Waals surface area contributed by atoms with Crippen LogP contribution in [0.1, 0.15) is 36.0 Å². The van der Waals surface area contributed by atoms with E-state index in [1.165, 1.54) is 19.2 Å². The predicted octanol–water partition coefficient (Wildman–Crippen LogP) is 4.94. The average molecular weight is 545 g/mol. The van der Waals surface area contributed by atoms with Gasteiger partial charge in [-0.05, 0) is 61.6 Å². The van der Waals surface area contributed by atoms with Crippen molar-refractivity contribution in [2.45, 2.75) is 35.8 Å².